The van der Waals surface area contributed by atoms with E-state index in [4.69, 9.17) is 21.1 Å². The molecule has 0 radical (unpaired) electrons. The van der Waals surface area contributed by atoms with Gasteiger partial charge in [0.15, 0.2) is 0 Å². The monoisotopic (exact) mass is 493 g/mol. The standard InChI is InChI=1S/C22H24ClN3O6S/c1-31-17-5-3-13(4-6-17)11-33-12-16(10-20(27)32-2)24-22(28)18-8-14-7-15(23)9-19(26(29)30)21(14)25-18/h3-7,9,16,18,25H,8,10-12H2,1-2H3,(H,24,28)/t16-,18?/m1/s1. The van der Waals surface area contributed by atoms with Gasteiger partial charge in [-0.3, -0.25) is 19.7 Å². The number of thioether (sulfide) groups is 1. The summed E-state index contributed by atoms with van der Waals surface area (Å²) in [5, 5.41) is 17.4. The van der Waals surface area contributed by atoms with Crippen molar-refractivity contribution in [1.29, 1.82) is 0 Å². The minimum atomic E-state index is -0.705. The van der Waals surface area contributed by atoms with Crippen LogP contribution in [0.4, 0.5) is 11.4 Å². The largest absolute Gasteiger partial charge is 0.497 e. The Kier molecular flexibility index (Phi) is 8.40. The first-order valence-corrected chi connectivity index (χ1v) is 11.6. The van der Waals surface area contributed by atoms with Crippen molar-refractivity contribution in [2.45, 2.75) is 30.7 Å². The van der Waals surface area contributed by atoms with Crippen LogP contribution < -0.4 is 15.4 Å². The summed E-state index contributed by atoms with van der Waals surface area (Å²) in [6.07, 6.45) is 0.274. The maximum absolute atomic E-state index is 12.9. The van der Waals surface area contributed by atoms with E-state index in [0.717, 1.165) is 11.3 Å². The summed E-state index contributed by atoms with van der Waals surface area (Å²) in [6, 6.07) is 9.36. The maximum atomic E-state index is 12.9. The smallest absolute Gasteiger partial charge is 0.307 e. The van der Waals surface area contributed by atoms with E-state index >= 15 is 0 Å². The number of rotatable bonds is 10. The second kappa shape index (κ2) is 11.2. The van der Waals surface area contributed by atoms with E-state index < -0.39 is 23.0 Å². The molecule has 0 aromatic heterocycles. The molecule has 2 atom stereocenters. The Bertz CT molecular complexity index is 1030. The zero-order chi connectivity index (χ0) is 24.0. The normalized spacial score (nSPS) is 15.2. The molecule has 0 fully saturated rings. The number of nitro benzene ring substituents is 1. The fourth-order valence-corrected chi connectivity index (χ4v) is 4.77. The van der Waals surface area contributed by atoms with Gasteiger partial charge in [-0.05, 0) is 29.3 Å². The third-order valence-corrected chi connectivity index (χ3v) is 6.55. The molecule has 2 N–H and O–H groups in total. The van der Waals surface area contributed by atoms with Crippen molar-refractivity contribution in [3.05, 3.63) is 62.7 Å². The van der Waals surface area contributed by atoms with Crippen LogP contribution >= 0.6 is 23.4 Å². The number of esters is 1. The van der Waals surface area contributed by atoms with E-state index in [1.807, 2.05) is 24.3 Å². The van der Waals surface area contributed by atoms with Gasteiger partial charge in [-0.15, -0.1) is 0 Å². The molecule has 0 bridgehead atoms. The molecule has 1 amide bonds. The molecule has 9 nitrogen and oxygen atoms in total. The zero-order valence-electron chi connectivity index (χ0n) is 18.1. The van der Waals surface area contributed by atoms with E-state index in [0.29, 0.717) is 22.8 Å². The number of hydrogen-bond donors (Lipinski definition) is 2. The second-order valence-electron chi connectivity index (χ2n) is 7.47. The molecule has 176 valence electrons. The van der Waals surface area contributed by atoms with Gasteiger partial charge in [-0.1, -0.05) is 23.7 Å². The highest BCUT2D eigenvalue weighted by Crippen LogP contribution is 2.37. The molecule has 0 spiro atoms. The van der Waals surface area contributed by atoms with Crippen LogP contribution in [0.2, 0.25) is 5.02 Å². The molecule has 33 heavy (non-hydrogen) atoms. The molecule has 11 heteroatoms. The number of nitro groups is 1. The number of halogens is 1. The van der Waals surface area contributed by atoms with Gasteiger partial charge >= 0.3 is 5.97 Å². The first-order chi connectivity index (χ1) is 15.8. The Morgan fingerprint density at radius 2 is 2.03 bits per heavy atom. The molecule has 3 rings (SSSR count). The maximum Gasteiger partial charge on any atom is 0.307 e. The highest BCUT2D eigenvalue weighted by molar-refractivity contribution is 7.98. The van der Waals surface area contributed by atoms with Crippen LogP contribution in [0.25, 0.3) is 0 Å². The number of nitrogens with one attached hydrogen (secondary N) is 2. The lowest BCUT2D eigenvalue weighted by Crippen LogP contribution is -2.46. The van der Waals surface area contributed by atoms with Crippen molar-refractivity contribution < 1.29 is 24.0 Å². The van der Waals surface area contributed by atoms with E-state index in [2.05, 4.69) is 10.6 Å². The molecule has 2 aromatic rings. The first kappa shape index (κ1) is 24.7. The van der Waals surface area contributed by atoms with E-state index in [9.17, 15) is 19.7 Å². The van der Waals surface area contributed by atoms with Crippen LogP contribution in [-0.2, 0) is 26.5 Å². The van der Waals surface area contributed by atoms with Gasteiger partial charge in [-0.2, -0.15) is 11.8 Å². The van der Waals surface area contributed by atoms with Crippen LogP contribution in [0.15, 0.2) is 36.4 Å². The van der Waals surface area contributed by atoms with E-state index in [1.54, 1.807) is 24.9 Å². The fraction of sp³-hybridized carbons (Fsp3) is 0.364. The predicted octanol–water partition coefficient (Wildman–Crippen LogP) is 3.57. The molecule has 2 aromatic carbocycles. The van der Waals surface area contributed by atoms with Crippen LogP contribution in [0.1, 0.15) is 17.5 Å². The molecule has 0 saturated carbocycles. The minimum absolute atomic E-state index is 0.0174. The second-order valence-corrected chi connectivity index (χ2v) is 8.93. The summed E-state index contributed by atoms with van der Waals surface area (Å²) in [5.41, 5.74) is 1.81. The van der Waals surface area contributed by atoms with Crippen LogP contribution in [-0.4, -0.2) is 48.9 Å². The van der Waals surface area contributed by atoms with Gasteiger partial charge in [0.2, 0.25) is 5.91 Å². The van der Waals surface area contributed by atoms with Gasteiger partial charge < -0.3 is 20.1 Å². The number of amides is 1. The molecular formula is C22H24ClN3O6S. The number of fused-ring (bicyclic) bond motifs is 1. The third-order valence-electron chi connectivity index (χ3n) is 5.15. The fourth-order valence-electron chi connectivity index (χ4n) is 3.50. The molecule has 0 aliphatic carbocycles. The van der Waals surface area contributed by atoms with Crippen molar-refractivity contribution in [3.63, 3.8) is 0 Å². The molecule has 1 unspecified atom stereocenters. The minimum Gasteiger partial charge on any atom is -0.497 e. The Hall–Kier alpha value is -2.98. The Morgan fingerprint density at radius 1 is 1.30 bits per heavy atom. The summed E-state index contributed by atoms with van der Waals surface area (Å²) in [6.45, 7) is 0. The first-order valence-electron chi connectivity index (χ1n) is 10.1. The summed E-state index contributed by atoms with van der Waals surface area (Å²) < 4.78 is 9.92. The van der Waals surface area contributed by atoms with Gasteiger partial charge in [0.1, 0.15) is 17.5 Å². The van der Waals surface area contributed by atoms with E-state index in [-0.39, 0.29) is 29.5 Å². The molecule has 1 heterocycles. The van der Waals surface area contributed by atoms with Crippen LogP contribution in [0.3, 0.4) is 0 Å². The highest BCUT2D eigenvalue weighted by Gasteiger charge is 2.33. The number of nitrogens with zero attached hydrogens (tertiary/aromatic N) is 1. The van der Waals surface area contributed by atoms with Gasteiger partial charge in [0, 0.05) is 35.1 Å². The number of anilines is 1. The summed E-state index contributed by atoms with van der Waals surface area (Å²) >= 11 is 7.56. The number of ether oxygens (including phenoxy) is 2. The lowest BCUT2D eigenvalue weighted by molar-refractivity contribution is -0.383. The van der Waals surface area contributed by atoms with E-state index in [1.165, 1.54) is 13.2 Å². The van der Waals surface area contributed by atoms with Crippen molar-refractivity contribution in [1.82, 2.24) is 5.32 Å². The Labute approximate surface area is 200 Å². The topological polar surface area (TPSA) is 120 Å². The summed E-state index contributed by atoms with van der Waals surface area (Å²) in [4.78, 5) is 35.6. The van der Waals surface area contributed by atoms with Crippen molar-refractivity contribution in [2.24, 2.45) is 0 Å². The number of benzene rings is 2. The number of hydrogen-bond acceptors (Lipinski definition) is 8. The van der Waals surface area contributed by atoms with Crippen molar-refractivity contribution in [3.8, 4) is 5.75 Å². The summed E-state index contributed by atoms with van der Waals surface area (Å²) in [7, 11) is 2.90. The highest BCUT2D eigenvalue weighted by atomic mass is 35.5. The van der Waals surface area contributed by atoms with Gasteiger partial charge in [0.05, 0.1) is 25.6 Å². The summed E-state index contributed by atoms with van der Waals surface area (Å²) in [5.74, 6) is 1.16. The van der Waals surface area contributed by atoms with Crippen LogP contribution in [0, 0.1) is 10.1 Å². The van der Waals surface area contributed by atoms with Crippen LogP contribution in [0.5, 0.6) is 5.75 Å². The molecule has 1 aliphatic heterocycles. The van der Waals surface area contributed by atoms with Crippen molar-refractivity contribution in [2.75, 3.05) is 25.3 Å². The number of carbonyl (C=O) groups excluding carboxylic acids is 2. The van der Waals surface area contributed by atoms with Gasteiger partial charge in [-0.25, -0.2) is 0 Å². The Morgan fingerprint density at radius 3 is 2.67 bits per heavy atom. The average molecular weight is 494 g/mol. The average Bonchev–Trinajstić information content (AvgIpc) is 3.22. The number of methoxy groups -OCH3 is 2. The van der Waals surface area contributed by atoms with Crippen molar-refractivity contribution >= 4 is 46.6 Å². The SMILES string of the molecule is COC(=O)C[C@H](CSCc1ccc(OC)cc1)NC(=O)C1Cc2cc(Cl)cc([N+](=O)[O-])c2N1. The Balaban J connectivity index is 1.62. The molecule has 0 saturated heterocycles. The van der Waals surface area contributed by atoms with Gasteiger partial charge in [0.25, 0.3) is 5.69 Å². The number of carbonyl (C=O) groups is 2. The molecular weight excluding hydrogens is 470 g/mol. The third kappa shape index (κ3) is 6.52. The molecule has 1 aliphatic rings. The lowest BCUT2D eigenvalue weighted by Gasteiger charge is -2.20. The predicted molar refractivity (Wildman–Crippen MR) is 127 cm³/mol. The zero-order valence-corrected chi connectivity index (χ0v) is 19.7. The lowest BCUT2D eigenvalue weighted by atomic mass is 10.1. The quantitative estimate of drug-likeness (QED) is 0.293.